The summed E-state index contributed by atoms with van der Waals surface area (Å²) in [5.41, 5.74) is 3.83. The van der Waals surface area contributed by atoms with Gasteiger partial charge in [0.05, 0.1) is 5.52 Å². The highest BCUT2D eigenvalue weighted by Crippen LogP contribution is 2.39. The van der Waals surface area contributed by atoms with Crippen LogP contribution in [0.2, 0.25) is 0 Å². The molecule has 1 aliphatic carbocycles. The molecule has 3 atom stereocenters. The van der Waals surface area contributed by atoms with Crippen LogP contribution in [0.25, 0.3) is 11.0 Å². The molecule has 1 saturated carbocycles. The third kappa shape index (κ3) is 3.60. The molecule has 32 heavy (non-hydrogen) atoms. The zero-order valence-electron chi connectivity index (χ0n) is 19.5. The number of anilines is 1. The first-order valence-corrected chi connectivity index (χ1v) is 11.9. The van der Waals surface area contributed by atoms with Crippen molar-refractivity contribution >= 4 is 16.9 Å². The first-order chi connectivity index (χ1) is 15.5. The molecule has 0 bridgehead atoms. The second-order valence-electron chi connectivity index (χ2n) is 9.34. The first-order valence-electron chi connectivity index (χ1n) is 11.9. The van der Waals surface area contributed by atoms with Gasteiger partial charge in [0.15, 0.2) is 11.3 Å². The monoisotopic (exact) mass is 435 g/mol. The summed E-state index contributed by atoms with van der Waals surface area (Å²) in [6.07, 6.45) is 8.41. The number of rotatable bonds is 6. The number of nitrogens with zero attached hydrogens (tertiary/aromatic N) is 6. The lowest BCUT2D eigenvalue weighted by Gasteiger charge is -2.49. The lowest BCUT2D eigenvalue weighted by atomic mass is 9.97. The van der Waals surface area contributed by atoms with Gasteiger partial charge < -0.3 is 4.90 Å². The number of H-pyrrole nitrogens is 1. The van der Waals surface area contributed by atoms with Gasteiger partial charge in [-0.1, -0.05) is 19.9 Å². The van der Waals surface area contributed by atoms with Crippen molar-refractivity contribution in [2.45, 2.75) is 70.5 Å². The topological polar surface area (TPSA) is 82.9 Å². The SMILES string of the molecule is CC[C@H]1CN(C(C)c2ccc(C3CC3)nc2)[C@H](CC)CN1c1nc(=O)n(C)c2c[nH]nc12. The van der Waals surface area contributed by atoms with Crippen LogP contribution in [0.3, 0.4) is 0 Å². The maximum atomic E-state index is 12.5. The minimum absolute atomic E-state index is 0.241. The van der Waals surface area contributed by atoms with E-state index in [-0.39, 0.29) is 11.7 Å². The van der Waals surface area contributed by atoms with Gasteiger partial charge in [0.1, 0.15) is 0 Å². The Morgan fingerprint density at radius 2 is 1.94 bits per heavy atom. The lowest BCUT2D eigenvalue weighted by Crippen LogP contribution is -2.59. The molecule has 8 nitrogen and oxygen atoms in total. The summed E-state index contributed by atoms with van der Waals surface area (Å²) < 4.78 is 1.55. The summed E-state index contributed by atoms with van der Waals surface area (Å²) in [5, 5.41) is 7.35. The van der Waals surface area contributed by atoms with Crippen molar-refractivity contribution in [1.29, 1.82) is 0 Å². The second-order valence-corrected chi connectivity index (χ2v) is 9.34. The van der Waals surface area contributed by atoms with Crippen LogP contribution >= 0.6 is 0 Å². The molecule has 3 aromatic rings. The van der Waals surface area contributed by atoms with E-state index in [1.165, 1.54) is 24.1 Å². The Kier molecular flexibility index (Phi) is 5.49. The number of hydrogen-bond acceptors (Lipinski definition) is 6. The Bertz CT molecular complexity index is 1150. The molecule has 0 radical (unpaired) electrons. The maximum Gasteiger partial charge on any atom is 0.349 e. The fourth-order valence-corrected chi connectivity index (χ4v) is 5.12. The molecular formula is C24H33N7O. The molecule has 8 heteroatoms. The fraction of sp³-hybridized carbons (Fsp3) is 0.583. The summed E-state index contributed by atoms with van der Waals surface area (Å²) in [6, 6.07) is 5.39. The predicted molar refractivity (Wildman–Crippen MR) is 126 cm³/mol. The molecule has 5 rings (SSSR count). The van der Waals surface area contributed by atoms with Gasteiger partial charge >= 0.3 is 5.69 Å². The molecule has 0 spiro atoms. The van der Waals surface area contributed by atoms with Gasteiger partial charge in [0.2, 0.25) is 0 Å². The minimum atomic E-state index is -0.241. The third-order valence-corrected chi connectivity index (χ3v) is 7.42. The van der Waals surface area contributed by atoms with Crippen molar-refractivity contribution in [3.8, 4) is 0 Å². The number of pyridine rings is 1. The van der Waals surface area contributed by atoms with Crippen LogP contribution in [0.15, 0.2) is 29.3 Å². The van der Waals surface area contributed by atoms with E-state index < -0.39 is 0 Å². The van der Waals surface area contributed by atoms with Crippen LogP contribution in [0.1, 0.15) is 69.7 Å². The number of hydrogen-bond donors (Lipinski definition) is 1. The van der Waals surface area contributed by atoms with Crippen molar-refractivity contribution < 1.29 is 0 Å². The fourth-order valence-electron chi connectivity index (χ4n) is 5.12. The van der Waals surface area contributed by atoms with Gasteiger partial charge in [-0.25, -0.2) is 4.79 Å². The Morgan fingerprint density at radius 3 is 2.59 bits per heavy atom. The smallest absolute Gasteiger partial charge is 0.349 e. The summed E-state index contributed by atoms with van der Waals surface area (Å²) in [7, 11) is 1.74. The molecular weight excluding hydrogens is 402 g/mol. The van der Waals surface area contributed by atoms with Gasteiger partial charge in [-0.3, -0.25) is 19.5 Å². The Morgan fingerprint density at radius 1 is 1.16 bits per heavy atom. The zero-order chi connectivity index (χ0) is 22.4. The number of fused-ring (bicyclic) bond motifs is 1. The van der Waals surface area contributed by atoms with Gasteiger partial charge in [0.25, 0.3) is 0 Å². The highest BCUT2D eigenvalue weighted by atomic mass is 16.1. The molecule has 170 valence electrons. The summed E-state index contributed by atoms with van der Waals surface area (Å²) >= 11 is 0. The molecule has 0 amide bonds. The van der Waals surface area contributed by atoms with Crippen molar-refractivity contribution in [3.63, 3.8) is 0 Å². The Labute approximate surface area is 188 Å². The van der Waals surface area contributed by atoms with Crippen molar-refractivity contribution in [3.05, 3.63) is 46.3 Å². The molecule has 1 unspecified atom stereocenters. The number of aryl methyl sites for hydroxylation is 1. The highest BCUT2D eigenvalue weighted by Gasteiger charge is 2.37. The number of nitrogens with one attached hydrogen (secondary N) is 1. The van der Waals surface area contributed by atoms with E-state index >= 15 is 0 Å². The first kappa shape index (κ1) is 21.1. The summed E-state index contributed by atoms with van der Waals surface area (Å²) in [5.74, 6) is 1.39. The maximum absolute atomic E-state index is 12.5. The third-order valence-electron chi connectivity index (χ3n) is 7.42. The largest absolute Gasteiger partial charge is 0.349 e. The van der Waals surface area contributed by atoms with E-state index in [0.717, 1.165) is 37.0 Å². The van der Waals surface area contributed by atoms with Crippen LogP contribution < -0.4 is 10.6 Å². The van der Waals surface area contributed by atoms with E-state index in [2.05, 4.69) is 64.1 Å². The van der Waals surface area contributed by atoms with E-state index in [0.29, 0.717) is 23.8 Å². The van der Waals surface area contributed by atoms with E-state index in [1.807, 2.05) is 0 Å². The number of aromatic amines is 1. The summed E-state index contributed by atoms with van der Waals surface area (Å²) in [6.45, 7) is 8.49. The standard InChI is InChI=1S/C24H33N7O/c1-5-18-14-31(23-22-21(12-26-28-22)29(4)24(32)27-23)19(6-2)13-30(18)15(3)17-9-10-20(25-11-17)16-7-8-16/h9-12,15-16,18-19H,5-8,13-14H2,1-4H3,(H,26,28)/t15?,18-,19+/m1/s1. The molecule has 1 N–H and O–H groups in total. The molecule has 0 aromatic carbocycles. The van der Waals surface area contributed by atoms with Crippen LogP contribution in [-0.4, -0.2) is 54.8 Å². The van der Waals surface area contributed by atoms with Gasteiger partial charge in [0, 0.05) is 62.3 Å². The van der Waals surface area contributed by atoms with Crippen LogP contribution in [0.5, 0.6) is 0 Å². The molecule has 2 fully saturated rings. The lowest BCUT2D eigenvalue weighted by molar-refractivity contribution is 0.101. The Hall–Kier alpha value is -2.74. The van der Waals surface area contributed by atoms with Crippen LogP contribution in [-0.2, 0) is 7.05 Å². The van der Waals surface area contributed by atoms with Crippen LogP contribution in [0, 0.1) is 0 Å². The van der Waals surface area contributed by atoms with E-state index in [4.69, 9.17) is 4.98 Å². The van der Waals surface area contributed by atoms with Gasteiger partial charge in [-0.2, -0.15) is 10.1 Å². The average Bonchev–Trinajstić information content (AvgIpc) is 3.56. The molecule has 4 heterocycles. The molecule has 1 saturated heterocycles. The van der Waals surface area contributed by atoms with Crippen molar-refractivity contribution in [1.82, 2.24) is 29.6 Å². The predicted octanol–water partition coefficient (Wildman–Crippen LogP) is 3.37. The van der Waals surface area contributed by atoms with E-state index in [1.54, 1.807) is 17.8 Å². The van der Waals surface area contributed by atoms with E-state index in [9.17, 15) is 4.79 Å². The van der Waals surface area contributed by atoms with Gasteiger partial charge in [-0.05, 0) is 44.2 Å². The number of piperazine rings is 1. The van der Waals surface area contributed by atoms with Gasteiger partial charge in [-0.15, -0.1) is 0 Å². The average molecular weight is 436 g/mol. The molecule has 3 aromatic heterocycles. The quantitative estimate of drug-likeness (QED) is 0.639. The van der Waals surface area contributed by atoms with Crippen molar-refractivity contribution in [2.75, 3.05) is 18.0 Å². The normalized spacial score (nSPS) is 23.1. The highest BCUT2D eigenvalue weighted by molar-refractivity contribution is 5.85. The minimum Gasteiger partial charge on any atom is -0.349 e. The zero-order valence-corrected chi connectivity index (χ0v) is 19.5. The summed E-state index contributed by atoms with van der Waals surface area (Å²) in [4.78, 5) is 26.7. The second kappa shape index (κ2) is 8.31. The molecule has 1 aliphatic heterocycles. The molecule has 2 aliphatic rings. The Balaban J connectivity index is 1.44. The van der Waals surface area contributed by atoms with Crippen LogP contribution in [0.4, 0.5) is 5.82 Å². The van der Waals surface area contributed by atoms with Crippen molar-refractivity contribution in [2.24, 2.45) is 7.05 Å². The number of aromatic nitrogens is 5.